The first kappa shape index (κ1) is 27.9. The van der Waals surface area contributed by atoms with Gasteiger partial charge in [0.1, 0.15) is 24.2 Å². The first-order valence-corrected chi connectivity index (χ1v) is 12.8. The van der Waals surface area contributed by atoms with Gasteiger partial charge in [-0.1, -0.05) is 13.8 Å². The van der Waals surface area contributed by atoms with E-state index in [4.69, 9.17) is 13.8 Å². The smallest absolute Gasteiger partial charge is 0.411 e. The molecule has 0 bridgehead atoms. The molecule has 3 atom stereocenters. The van der Waals surface area contributed by atoms with Gasteiger partial charge in [-0.25, -0.2) is 4.79 Å². The molecule has 0 aliphatic carbocycles. The molecular formula is C21H41N2O7P. The minimum atomic E-state index is -3.17. The van der Waals surface area contributed by atoms with Crippen molar-refractivity contribution in [3.8, 4) is 0 Å². The largest absolute Gasteiger partial charge is 0.548 e. The highest BCUT2D eigenvalue weighted by Crippen LogP contribution is 2.48. The fourth-order valence-electron chi connectivity index (χ4n) is 4.25. The predicted molar refractivity (Wildman–Crippen MR) is 117 cm³/mol. The van der Waals surface area contributed by atoms with Crippen LogP contribution in [0.15, 0.2) is 0 Å². The summed E-state index contributed by atoms with van der Waals surface area (Å²) in [5.41, 5.74) is -0.726. The molecule has 10 heteroatoms. The zero-order valence-corrected chi connectivity index (χ0v) is 21.3. The van der Waals surface area contributed by atoms with Crippen LogP contribution in [0.25, 0.3) is 0 Å². The maximum Gasteiger partial charge on any atom is 0.411 e. The van der Waals surface area contributed by atoms with E-state index in [1.807, 2.05) is 7.05 Å². The zero-order chi connectivity index (χ0) is 24.0. The number of ether oxygens (including phenoxy) is 1. The number of likely N-dealkylation sites (N-methyl/N-ethyl adjacent to an activating group) is 1. The van der Waals surface area contributed by atoms with E-state index < -0.39 is 31.3 Å². The SMILES string of the molecule is CCOP(=O)(CCC[N+]1(C)C[C@@H](C(=O)[O-])N(C(=O)OC(C)(C)C)C[C@@H]1C(C)C)OCC. The molecule has 1 heterocycles. The molecule has 0 N–H and O–H groups in total. The predicted octanol–water partition coefficient (Wildman–Crippen LogP) is 2.48. The lowest BCUT2D eigenvalue weighted by Crippen LogP contribution is -2.72. The fourth-order valence-corrected chi connectivity index (χ4v) is 5.90. The third-order valence-electron chi connectivity index (χ3n) is 5.57. The van der Waals surface area contributed by atoms with Crippen LogP contribution in [0.1, 0.15) is 54.9 Å². The van der Waals surface area contributed by atoms with E-state index in [0.29, 0.717) is 30.7 Å². The molecule has 0 spiro atoms. The van der Waals surface area contributed by atoms with Gasteiger partial charge < -0.3 is 28.2 Å². The van der Waals surface area contributed by atoms with Crippen molar-refractivity contribution >= 4 is 19.7 Å². The van der Waals surface area contributed by atoms with Gasteiger partial charge in [0.05, 0.1) is 45.5 Å². The Morgan fingerprint density at radius 2 is 1.74 bits per heavy atom. The molecule has 9 nitrogen and oxygen atoms in total. The summed E-state index contributed by atoms with van der Waals surface area (Å²) in [7, 11) is -1.18. The van der Waals surface area contributed by atoms with Gasteiger partial charge in [0.25, 0.3) is 0 Å². The lowest BCUT2D eigenvalue weighted by atomic mass is 9.94. The Kier molecular flexibility index (Phi) is 10.0. The average molecular weight is 465 g/mol. The monoisotopic (exact) mass is 464 g/mol. The minimum absolute atomic E-state index is 0.0123. The molecule has 182 valence electrons. The van der Waals surface area contributed by atoms with Crippen molar-refractivity contribution in [2.24, 2.45) is 5.92 Å². The highest BCUT2D eigenvalue weighted by molar-refractivity contribution is 7.53. The van der Waals surface area contributed by atoms with E-state index in [-0.39, 0.29) is 31.2 Å². The van der Waals surface area contributed by atoms with Crippen molar-refractivity contribution in [3.05, 3.63) is 0 Å². The summed E-state index contributed by atoms with van der Waals surface area (Å²) in [4.78, 5) is 26.0. The summed E-state index contributed by atoms with van der Waals surface area (Å²) in [6.45, 7) is 14.5. The lowest BCUT2D eigenvalue weighted by Gasteiger charge is -2.53. The Labute approximate surface area is 187 Å². The van der Waals surface area contributed by atoms with Crippen molar-refractivity contribution < 1.29 is 37.5 Å². The summed E-state index contributed by atoms with van der Waals surface area (Å²) >= 11 is 0. The van der Waals surface area contributed by atoms with Gasteiger partial charge in [0.2, 0.25) is 0 Å². The van der Waals surface area contributed by atoms with Gasteiger partial charge in [-0.15, -0.1) is 0 Å². The summed E-state index contributed by atoms with van der Waals surface area (Å²) in [6, 6.07) is -1.11. The van der Waals surface area contributed by atoms with Crippen LogP contribution in [-0.2, 0) is 23.1 Å². The van der Waals surface area contributed by atoms with Crippen LogP contribution in [0.3, 0.4) is 0 Å². The number of hydrogen-bond donors (Lipinski definition) is 0. The van der Waals surface area contributed by atoms with Crippen LogP contribution < -0.4 is 5.11 Å². The highest BCUT2D eigenvalue weighted by Gasteiger charge is 2.48. The fraction of sp³-hybridized carbons (Fsp3) is 0.905. The summed E-state index contributed by atoms with van der Waals surface area (Å²) in [6.07, 6.45) is 0.165. The molecule has 1 unspecified atom stereocenters. The van der Waals surface area contributed by atoms with Crippen molar-refractivity contribution in [1.82, 2.24) is 4.90 Å². The molecule has 0 aromatic heterocycles. The van der Waals surface area contributed by atoms with E-state index >= 15 is 0 Å². The van der Waals surface area contributed by atoms with Crippen LogP contribution >= 0.6 is 7.60 Å². The van der Waals surface area contributed by atoms with E-state index in [9.17, 15) is 19.3 Å². The minimum Gasteiger partial charge on any atom is -0.548 e. The van der Waals surface area contributed by atoms with Crippen LogP contribution in [0.5, 0.6) is 0 Å². The summed E-state index contributed by atoms with van der Waals surface area (Å²) < 4.78 is 29.4. The average Bonchev–Trinajstić information content (AvgIpc) is 2.59. The quantitative estimate of drug-likeness (QED) is 0.361. The molecule has 0 aromatic carbocycles. The second-order valence-corrected chi connectivity index (χ2v) is 11.9. The summed E-state index contributed by atoms with van der Waals surface area (Å²) in [5, 5.41) is 11.9. The van der Waals surface area contributed by atoms with E-state index in [0.717, 1.165) is 0 Å². The van der Waals surface area contributed by atoms with Crippen molar-refractivity contribution in [1.29, 1.82) is 0 Å². The van der Waals surface area contributed by atoms with E-state index in [1.54, 1.807) is 34.6 Å². The highest BCUT2D eigenvalue weighted by atomic mass is 31.2. The van der Waals surface area contributed by atoms with Gasteiger partial charge in [0.15, 0.2) is 0 Å². The molecule has 1 aliphatic heterocycles. The number of rotatable bonds is 10. The Morgan fingerprint density at radius 3 is 2.16 bits per heavy atom. The van der Waals surface area contributed by atoms with Gasteiger partial charge >= 0.3 is 13.7 Å². The van der Waals surface area contributed by atoms with Crippen molar-refractivity contribution in [2.45, 2.75) is 72.6 Å². The topological polar surface area (TPSA) is 105 Å². The number of carboxylic acids is 1. The number of hydrogen-bond acceptors (Lipinski definition) is 7. The second kappa shape index (κ2) is 11.1. The van der Waals surface area contributed by atoms with Crippen LogP contribution in [0.2, 0.25) is 0 Å². The van der Waals surface area contributed by atoms with Crippen molar-refractivity contribution in [2.75, 3.05) is 46.1 Å². The zero-order valence-electron chi connectivity index (χ0n) is 20.4. The van der Waals surface area contributed by atoms with Crippen LogP contribution in [0.4, 0.5) is 4.79 Å². The molecule has 0 aromatic rings. The number of carbonyl (C=O) groups is 2. The summed E-state index contributed by atoms with van der Waals surface area (Å²) in [5.74, 6) is -1.12. The normalized spacial score (nSPS) is 25.0. The van der Waals surface area contributed by atoms with E-state index in [2.05, 4.69) is 13.8 Å². The Morgan fingerprint density at radius 1 is 1.19 bits per heavy atom. The number of carboxylic acid groups (broad SMARTS) is 1. The molecular weight excluding hydrogens is 423 g/mol. The van der Waals surface area contributed by atoms with Crippen molar-refractivity contribution in [3.63, 3.8) is 0 Å². The third kappa shape index (κ3) is 8.04. The molecule has 1 aliphatic rings. The van der Waals surface area contributed by atoms with Crippen LogP contribution in [0, 0.1) is 5.92 Å². The lowest BCUT2D eigenvalue weighted by molar-refractivity contribution is -0.942. The number of carbonyl (C=O) groups excluding carboxylic acids is 2. The standard InChI is InChI=1S/C21H41N2O7P/c1-9-28-31(27,29-10-2)13-11-12-23(8)15-17(19(24)25)22(14-18(23)16(3)4)20(26)30-21(5,6)7/h16-18H,9-15H2,1-8H3/t17-,18+,23?/m0/s1. The second-order valence-electron chi connectivity index (χ2n) is 9.69. The van der Waals surface area contributed by atoms with Gasteiger partial charge in [0, 0.05) is 12.3 Å². The molecule has 31 heavy (non-hydrogen) atoms. The Hall–Kier alpha value is -1.15. The molecule has 1 rings (SSSR count). The number of amides is 1. The number of nitrogens with zero attached hydrogens (tertiary/aromatic N) is 2. The molecule has 1 saturated heterocycles. The van der Waals surface area contributed by atoms with E-state index in [1.165, 1.54) is 4.90 Å². The number of aliphatic carboxylic acids is 1. The third-order valence-corrected chi connectivity index (χ3v) is 7.74. The number of piperazine rings is 1. The first-order chi connectivity index (χ1) is 14.2. The van der Waals surface area contributed by atoms with Gasteiger partial charge in [-0.3, -0.25) is 9.46 Å². The van der Waals surface area contributed by atoms with Gasteiger partial charge in [-0.05, 0) is 34.6 Å². The molecule has 1 fully saturated rings. The molecule has 1 amide bonds. The maximum atomic E-state index is 12.8. The Bertz CT molecular complexity index is 655. The maximum absolute atomic E-state index is 12.8. The van der Waals surface area contributed by atoms with Crippen LogP contribution in [-0.4, -0.2) is 85.2 Å². The van der Waals surface area contributed by atoms with Gasteiger partial charge in [-0.2, -0.15) is 0 Å². The Balaban J connectivity index is 3.05. The molecule has 0 radical (unpaired) electrons. The first-order valence-electron chi connectivity index (χ1n) is 11.1. The number of quaternary nitrogens is 1. The molecule has 0 saturated carbocycles.